The van der Waals surface area contributed by atoms with E-state index in [9.17, 15) is 14.0 Å². The first kappa shape index (κ1) is 22.1. The number of benzene rings is 2. The second-order valence-electron chi connectivity index (χ2n) is 8.52. The molecule has 0 aliphatic heterocycles. The minimum absolute atomic E-state index is 0.212. The molecule has 0 radical (unpaired) electrons. The maximum absolute atomic E-state index is 13.3. The first-order valence-electron chi connectivity index (χ1n) is 9.95. The SMILES string of the molecule is CC(C)(C)OC(=O)NC1(C(=O)NCc2ccc(Nc3ccc(F)cc3C#N)cc2)CC1. The Morgan fingerprint density at radius 1 is 1.16 bits per heavy atom. The number of hydrogen-bond acceptors (Lipinski definition) is 5. The third kappa shape index (κ3) is 5.95. The number of hydrogen-bond donors (Lipinski definition) is 3. The zero-order valence-electron chi connectivity index (χ0n) is 17.7. The van der Waals surface area contributed by atoms with Gasteiger partial charge in [-0.2, -0.15) is 5.26 Å². The highest BCUT2D eigenvalue weighted by Gasteiger charge is 2.51. The van der Waals surface area contributed by atoms with Crippen LogP contribution in [0.3, 0.4) is 0 Å². The summed E-state index contributed by atoms with van der Waals surface area (Å²) in [6.45, 7) is 5.60. The van der Waals surface area contributed by atoms with Gasteiger partial charge in [-0.25, -0.2) is 9.18 Å². The lowest BCUT2D eigenvalue weighted by atomic mass is 10.1. The third-order valence-electron chi connectivity index (χ3n) is 4.71. The highest BCUT2D eigenvalue weighted by Crippen LogP contribution is 2.36. The van der Waals surface area contributed by atoms with E-state index in [4.69, 9.17) is 10.00 Å². The van der Waals surface area contributed by atoms with Crippen molar-refractivity contribution in [3.8, 4) is 6.07 Å². The Labute approximate surface area is 180 Å². The number of carbonyl (C=O) groups excluding carboxylic acids is 2. The molecule has 0 spiro atoms. The number of rotatable bonds is 6. The Hall–Kier alpha value is -3.60. The van der Waals surface area contributed by atoms with Crippen molar-refractivity contribution in [1.29, 1.82) is 5.26 Å². The van der Waals surface area contributed by atoms with Crippen molar-refractivity contribution >= 4 is 23.4 Å². The zero-order chi connectivity index (χ0) is 22.6. The van der Waals surface area contributed by atoms with Crippen molar-refractivity contribution in [2.75, 3.05) is 5.32 Å². The molecule has 8 heteroatoms. The number of carbonyl (C=O) groups is 2. The maximum Gasteiger partial charge on any atom is 0.408 e. The molecule has 0 aromatic heterocycles. The summed E-state index contributed by atoms with van der Waals surface area (Å²) in [7, 11) is 0. The predicted octanol–water partition coefficient (Wildman–Crippen LogP) is 4.11. The van der Waals surface area contributed by atoms with Gasteiger partial charge in [-0.3, -0.25) is 4.79 Å². The molecule has 2 amide bonds. The molecule has 1 saturated carbocycles. The molecule has 31 heavy (non-hydrogen) atoms. The molecular weight excluding hydrogens is 399 g/mol. The molecule has 1 aliphatic rings. The van der Waals surface area contributed by atoms with Crippen LogP contribution in [0.5, 0.6) is 0 Å². The normalized spacial score (nSPS) is 14.2. The fourth-order valence-electron chi connectivity index (χ4n) is 2.96. The molecule has 0 atom stereocenters. The summed E-state index contributed by atoms with van der Waals surface area (Å²) < 4.78 is 18.5. The summed E-state index contributed by atoms with van der Waals surface area (Å²) in [5.41, 5.74) is 0.779. The van der Waals surface area contributed by atoms with Crippen molar-refractivity contribution in [2.45, 2.75) is 51.3 Å². The van der Waals surface area contributed by atoms with E-state index in [1.165, 1.54) is 18.2 Å². The minimum atomic E-state index is -0.903. The minimum Gasteiger partial charge on any atom is -0.444 e. The van der Waals surface area contributed by atoms with Crippen LogP contribution in [-0.4, -0.2) is 23.1 Å². The summed E-state index contributed by atoms with van der Waals surface area (Å²) in [6, 6.07) is 13.2. The largest absolute Gasteiger partial charge is 0.444 e. The van der Waals surface area contributed by atoms with Gasteiger partial charge in [0.15, 0.2) is 0 Å². The van der Waals surface area contributed by atoms with E-state index in [0.29, 0.717) is 25.1 Å². The number of alkyl carbamates (subject to hydrolysis) is 1. The smallest absolute Gasteiger partial charge is 0.408 e. The summed E-state index contributed by atoms with van der Waals surface area (Å²) >= 11 is 0. The van der Waals surface area contributed by atoms with Gasteiger partial charge in [0.2, 0.25) is 5.91 Å². The molecule has 0 bridgehead atoms. The van der Waals surface area contributed by atoms with Gasteiger partial charge in [0.05, 0.1) is 11.3 Å². The van der Waals surface area contributed by atoms with E-state index in [0.717, 1.165) is 11.3 Å². The molecule has 2 aromatic carbocycles. The van der Waals surface area contributed by atoms with Crippen molar-refractivity contribution in [2.24, 2.45) is 0 Å². The Morgan fingerprint density at radius 2 is 1.84 bits per heavy atom. The first-order valence-corrected chi connectivity index (χ1v) is 9.95. The van der Waals surface area contributed by atoms with Gasteiger partial charge in [0, 0.05) is 12.2 Å². The molecule has 162 valence electrons. The van der Waals surface area contributed by atoms with Crippen LogP contribution in [0.2, 0.25) is 0 Å². The lowest BCUT2D eigenvalue weighted by molar-refractivity contribution is -0.124. The summed E-state index contributed by atoms with van der Waals surface area (Å²) in [6.07, 6.45) is 0.535. The topological polar surface area (TPSA) is 103 Å². The van der Waals surface area contributed by atoms with Crippen LogP contribution in [0.25, 0.3) is 0 Å². The fourth-order valence-corrected chi connectivity index (χ4v) is 2.96. The fraction of sp³-hybridized carbons (Fsp3) is 0.348. The second-order valence-corrected chi connectivity index (χ2v) is 8.52. The molecule has 1 aliphatic carbocycles. The van der Waals surface area contributed by atoms with Crippen LogP contribution in [0.1, 0.15) is 44.7 Å². The average Bonchev–Trinajstić information content (AvgIpc) is 3.47. The van der Waals surface area contributed by atoms with Crippen molar-refractivity contribution in [1.82, 2.24) is 10.6 Å². The molecule has 7 nitrogen and oxygen atoms in total. The lowest BCUT2D eigenvalue weighted by Crippen LogP contribution is -2.50. The standard InChI is InChI=1S/C23H25FN4O3/c1-22(2,3)31-21(30)28-23(10-11-23)20(29)26-14-15-4-7-18(8-5-15)27-19-9-6-17(24)12-16(19)13-25/h4-9,12,27H,10-11,14H2,1-3H3,(H,26,29)(H,28,30). The van der Waals surface area contributed by atoms with Crippen molar-refractivity contribution in [3.05, 3.63) is 59.4 Å². The molecule has 1 fully saturated rings. The van der Waals surface area contributed by atoms with E-state index < -0.39 is 23.1 Å². The van der Waals surface area contributed by atoms with E-state index in [1.807, 2.05) is 18.2 Å². The van der Waals surface area contributed by atoms with Crippen LogP contribution in [0, 0.1) is 17.1 Å². The number of nitriles is 1. The van der Waals surface area contributed by atoms with Gasteiger partial charge in [-0.05, 0) is 69.5 Å². The van der Waals surface area contributed by atoms with E-state index in [2.05, 4.69) is 16.0 Å². The van der Waals surface area contributed by atoms with Gasteiger partial charge in [-0.1, -0.05) is 12.1 Å². The molecule has 0 unspecified atom stereocenters. The second kappa shape index (κ2) is 8.64. The molecule has 3 rings (SSSR count). The van der Waals surface area contributed by atoms with Gasteiger partial charge in [0.1, 0.15) is 23.0 Å². The Morgan fingerprint density at radius 3 is 2.42 bits per heavy atom. The number of nitrogens with zero attached hydrogens (tertiary/aromatic N) is 1. The zero-order valence-corrected chi connectivity index (χ0v) is 17.7. The molecule has 0 heterocycles. The lowest BCUT2D eigenvalue weighted by Gasteiger charge is -2.23. The predicted molar refractivity (Wildman–Crippen MR) is 114 cm³/mol. The molecular formula is C23H25FN4O3. The van der Waals surface area contributed by atoms with Crippen LogP contribution in [0.15, 0.2) is 42.5 Å². The first-order chi connectivity index (χ1) is 14.6. The highest BCUT2D eigenvalue weighted by molar-refractivity contribution is 5.92. The molecule has 0 saturated heterocycles. The monoisotopic (exact) mass is 424 g/mol. The number of amides is 2. The Balaban J connectivity index is 1.54. The van der Waals surface area contributed by atoms with Crippen molar-refractivity contribution < 1.29 is 18.7 Å². The highest BCUT2D eigenvalue weighted by atomic mass is 19.1. The van der Waals surface area contributed by atoms with Gasteiger partial charge in [0.25, 0.3) is 0 Å². The number of halogens is 1. The quantitative estimate of drug-likeness (QED) is 0.647. The Kier molecular flexibility index (Phi) is 6.16. The Bertz CT molecular complexity index is 1020. The molecule has 3 N–H and O–H groups in total. The average molecular weight is 424 g/mol. The van der Waals surface area contributed by atoms with Gasteiger partial charge < -0.3 is 20.7 Å². The number of anilines is 2. The van der Waals surface area contributed by atoms with E-state index in [-0.39, 0.29) is 11.5 Å². The summed E-state index contributed by atoms with van der Waals surface area (Å²) in [5, 5.41) is 17.7. The number of ether oxygens (including phenoxy) is 1. The summed E-state index contributed by atoms with van der Waals surface area (Å²) in [4.78, 5) is 24.5. The molecule has 2 aromatic rings. The summed E-state index contributed by atoms with van der Waals surface area (Å²) in [5.74, 6) is -0.715. The van der Waals surface area contributed by atoms with Gasteiger partial charge in [-0.15, -0.1) is 0 Å². The van der Waals surface area contributed by atoms with Crippen LogP contribution in [-0.2, 0) is 16.1 Å². The van der Waals surface area contributed by atoms with E-state index in [1.54, 1.807) is 32.9 Å². The van der Waals surface area contributed by atoms with Crippen LogP contribution >= 0.6 is 0 Å². The number of nitrogens with one attached hydrogen (secondary N) is 3. The van der Waals surface area contributed by atoms with Crippen LogP contribution in [0.4, 0.5) is 20.6 Å². The maximum atomic E-state index is 13.3. The third-order valence-corrected chi connectivity index (χ3v) is 4.71. The van der Waals surface area contributed by atoms with E-state index >= 15 is 0 Å². The van der Waals surface area contributed by atoms with Crippen molar-refractivity contribution in [3.63, 3.8) is 0 Å². The van der Waals surface area contributed by atoms with Crippen LogP contribution < -0.4 is 16.0 Å². The van der Waals surface area contributed by atoms with Gasteiger partial charge >= 0.3 is 6.09 Å².